The monoisotopic (exact) mass is 215 g/mol. The van der Waals surface area contributed by atoms with Gasteiger partial charge in [0.05, 0.1) is 0 Å². The Labute approximate surface area is 95.0 Å². The zero-order valence-corrected chi connectivity index (χ0v) is 9.71. The molecule has 0 spiro atoms. The van der Waals surface area contributed by atoms with Crippen molar-refractivity contribution in [1.82, 2.24) is 4.98 Å². The third kappa shape index (κ3) is 1.83. The van der Waals surface area contributed by atoms with Crippen LogP contribution in [0, 0.1) is 26.6 Å². The molecule has 0 aliphatic carbocycles. The fraction of sp³-hybridized carbons (Fsp3) is 0.214. The number of hydrogen-bond acceptors (Lipinski definition) is 1. The second kappa shape index (κ2) is 4.05. The van der Waals surface area contributed by atoms with Gasteiger partial charge >= 0.3 is 0 Å². The predicted octanol–water partition coefficient (Wildman–Crippen LogP) is 3.81. The molecule has 82 valence electrons. The summed E-state index contributed by atoms with van der Waals surface area (Å²) in [5.74, 6) is -0.186. The molecule has 0 saturated heterocycles. The topological polar surface area (TPSA) is 12.9 Å². The summed E-state index contributed by atoms with van der Waals surface area (Å²) in [6.45, 7) is 5.93. The Balaban J connectivity index is 2.69. The summed E-state index contributed by atoms with van der Waals surface area (Å²) in [6.07, 6.45) is 3.54. The number of pyridine rings is 1. The molecule has 0 amide bonds. The number of halogens is 1. The van der Waals surface area contributed by atoms with Crippen LogP contribution in [0.3, 0.4) is 0 Å². The molecule has 0 saturated carbocycles. The van der Waals surface area contributed by atoms with E-state index in [4.69, 9.17) is 0 Å². The van der Waals surface area contributed by atoms with Gasteiger partial charge in [-0.3, -0.25) is 4.98 Å². The van der Waals surface area contributed by atoms with E-state index in [0.717, 1.165) is 27.8 Å². The van der Waals surface area contributed by atoms with Crippen molar-refractivity contribution in [3.05, 3.63) is 53.1 Å². The quantitative estimate of drug-likeness (QED) is 0.704. The van der Waals surface area contributed by atoms with Crippen LogP contribution in [0.1, 0.15) is 16.7 Å². The lowest BCUT2D eigenvalue weighted by molar-refractivity contribution is 0.626. The molecule has 0 aliphatic rings. The smallest absolute Gasteiger partial charge is 0.124 e. The van der Waals surface area contributed by atoms with Gasteiger partial charge in [-0.25, -0.2) is 4.39 Å². The molecule has 0 fully saturated rings. The number of aromatic nitrogens is 1. The van der Waals surface area contributed by atoms with Gasteiger partial charge in [-0.2, -0.15) is 0 Å². The third-order valence-electron chi connectivity index (χ3n) is 2.94. The molecule has 0 atom stereocenters. The molecule has 1 aromatic heterocycles. The number of hydrogen-bond donors (Lipinski definition) is 0. The maximum absolute atomic E-state index is 13.4. The molecule has 0 unspecified atom stereocenters. The Bertz CT molecular complexity index is 532. The van der Waals surface area contributed by atoms with E-state index in [0.29, 0.717) is 0 Å². The first-order chi connectivity index (χ1) is 7.59. The zero-order chi connectivity index (χ0) is 11.7. The van der Waals surface area contributed by atoms with E-state index in [1.807, 2.05) is 26.8 Å². The van der Waals surface area contributed by atoms with Gasteiger partial charge in [-0.05, 0) is 66.8 Å². The van der Waals surface area contributed by atoms with Crippen molar-refractivity contribution in [3.8, 4) is 11.1 Å². The van der Waals surface area contributed by atoms with Crippen molar-refractivity contribution in [2.45, 2.75) is 20.8 Å². The molecule has 0 bridgehead atoms. The Hall–Kier alpha value is -1.70. The first kappa shape index (κ1) is 10.8. The summed E-state index contributed by atoms with van der Waals surface area (Å²) in [6, 6.07) is 5.08. The average Bonchev–Trinajstić information content (AvgIpc) is 2.24. The fourth-order valence-corrected chi connectivity index (χ4v) is 1.87. The molecular formula is C14H14FN. The first-order valence-corrected chi connectivity index (χ1v) is 5.27. The molecule has 1 aromatic carbocycles. The summed E-state index contributed by atoms with van der Waals surface area (Å²) in [5, 5.41) is 0. The third-order valence-corrected chi connectivity index (χ3v) is 2.94. The molecular weight excluding hydrogens is 201 g/mol. The van der Waals surface area contributed by atoms with Crippen LogP contribution in [-0.2, 0) is 0 Å². The van der Waals surface area contributed by atoms with Crippen molar-refractivity contribution in [3.63, 3.8) is 0 Å². The second-order valence-electron chi connectivity index (χ2n) is 4.09. The van der Waals surface area contributed by atoms with Crippen LogP contribution in [0.5, 0.6) is 0 Å². The highest BCUT2D eigenvalue weighted by Gasteiger charge is 2.08. The Morgan fingerprint density at radius 1 is 1.00 bits per heavy atom. The number of rotatable bonds is 1. The lowest BCUT2D eigenvalue weighted by Gasteiger charge is -2.11. The molecule has 0 aliphatic heterocycles. The van der Waals surface area contributed by atoms with E-state index in [1.54, 1.807) is 24.5 Å². The van der Waals surface area contributed by atoms with Gasteiger partial charge < -0.3 is 0 Å². The number of aryl methyl sites for hydroxylation is 2. The second-order valence-corrected chi connectivity index (χ2v) is 4.09. The van der Waals surface area contributed by atoms with E-state index >= 15 is 0 Å². The van der Waals surface area contributed by atoms with Crippen LogP contribution in [0.2, 0.25) is 0 Å². The lowest BCUT2D eigenvalue weighted by Crippen LogP contribution is -1.92. The molecule has 1 nitrogen and oxygen atoms in total. The van der Waals surface area contributed by atoms with Crippen molar-refractivity contribution in [1.29, 1.82) is 0 Å². The average molecular weight is 215 g/mol. The fourth-order valence-electron chi connectivity index (χ4n) is 1.87. The summed E-state index contributed by atoms with van der Waals surface area (Å²) in [5.41, 5.74) is 5.17. The van der Waals surface area contributed by atoms with E-state index in [-0.39, 0.29) is 5.82 Å². The van der Waals surface area contributed by atoms with Crippen LogP contribution >= 0.6 is 0 Å². The summed E-state index contributed by atoms with van der Waals surface area (Å²) in [4.78, 5) is 4.05. The standard InChI is InChI=1S/C14H14FN/c1-9-6-12(15)7-14(11(9)3)13-4-5-16-8-10(13)2/h4-8H,1-3H3. The van der Waals surface area contributed by atoms with Gasteiger partial charge in [0.2, 0.25) is 0 Å². The maximum Gasteiger partial charge on any atom is 0.124 e. The van der Waals surface area contributed by atoms with Gasteiger partial charge in [0.1, 0.15) is 5.82 Å². The SMILES string of the molecule is Cc1cnccc1-c1cc(F)cc(C)c1C. The van der Waals surface area contributed by atoms with Crippen LogP contribution in [0.15, 0.2) is 30.6 Å². The largest absolute Gasteiger partial charge is 0.264 e. The highest BCUT2D eigenvalue weighted by molar-refractivity contribution is 5.70. The Kier molecular flexibility index (Phi) is 2.73. The van der Waals surface area contributed by atoms with Crippen LogP contribution in [0.4, 0.5) is 4.39 Å². The normalized spacial score (nSPS) is 10.5. The maximum atomic E-state index is 13.4. The molecule has 2 rings (SSSR count). The minimum absolute atomic E-state index is 0.186. The van der Waals surface area contributed by atoms with Crippen LogP contribution < -0.4 is 0 Å². The lowest BCUT2D eigenvalue weighted by atomic mass is 9.95. The zero-order valence-electron chi connectivity index (χ0n) is 9.71. The van der Waals surface area contributed by atoms with E-state index < -0.39 is 0 Å². The van der Waals surface area contributed by atoms with E-state index in [2.05, 4.69) is 4.98 Å². The molecule has 2 aromatic rings. The van der Waals surface area contributed by atoms with Gasteiger partial charge in [0.15, 0.2) is 0 Å². The molecule has 2 heteroatoms. The first-order valence-electron chi connectivity index (χ1n) is 5.27. The van der Waals surface area contributed by atoms with E-state index in [9.17, 15) is 4.39 Å². The van der Waals surface area contributed by atoms with Crippen molar-refractivity contribution in [2.75, 3.05) is 0 Å². The highest BCUT2D eigenvalue weighted by Crippen LogP contribution is 2.28. The minimum Gasteiger partial charge on any atom is -0.264 e. The Morgan fingerprint density at radius 2 is 1.75 bits per heavy atom. The van der Waals surface area contributed by atoms with Crippen LogP contribution in [0.25, 0.3) is 11.1 Å². The van der Waals surface area contributed by atoms with Crippen LogP contribution in [-0.4, -0.2) is 4.98 Å². The van der Waals surface area contributed by atoms with Gasteiger partial charge in [0, 0.05) is 12.4 Å². The summed E-state index contributed by atoms with van der Waals surface area (Å²) in [7, 11) is 0. The van der Waals surface area contributed by atoms with E-state index in [1.165, 1.54) is 0 Å². The van der Waals surface area contributed by atoms with Crippen molar-refractivity contribution in [2.24, 2.45) is 0 Å². The number of benzene rings is 1. The van der Waals surface area contributed by atoms with Gasteiger partial charge in [-0.1, -0.05) is 0 Å². The highest BCUT2D eigenvalue weighted by atomic mass is 19.1. The molecule has 0 radical (unpaired) electrons. The van der Waals surface area contributed by atoms with Gasteiger partial charge in [-0.15, -0.1) is 0 Å². The predicted molar refractivity (Wildman–Crippen MR) is 63.8 cm³/mol. The number of nitrogens with zero attached hydrogens (tertiary/aromatic N) is 1. The van der Waals surface area contributed by atoms with Crippen molar-refractivity contribution >= 4 is 0 Å². The van der Waals surface area contributed by atoms with Gasteiger partial charge in [0.25, 0.3) is 0 Å². The molecule has 16 heavy (non-hydrogen) atoms. The molecule has 0 N–H and O–H groups in total. The molecule has 1 heterocycles. The summed E-state index contributed by atoms with van der Waals surface area (Å²) < 4.78 is 13.4. The minimum atomic E-state index is -0.186. The summed E-state index contributed by atoms with van der Waals surface area (Å²) >= 11 is 0. The Morgan fingerprint density at radius 3 is 2.44 bits per heavy atom. The van der Waals surface area contributed by atoms with Crippen molar-refractivity contribution < 1.29 is 4.39 Å².